The van der Waals surface area contributed by atoms with Crippen molar-refractivity contribution in [3.8, 4) is 11.5 Å². The van der Waals surface area contributed by atoms with Crippen LogP contribution in [-0.2, 0) is 14.3 Å². The first kappa shape index (κ1) is 21.9. The van der Waals surface area contributed by atoms with E-state index >= 15 is 0 Å². The minimum Gasteiger partial charge on any atom is -0.493 e. The van der Waals surface area contributed by atoms with Crippen LogP contribution in [0.15, 0.2) is 36.4 Å². The first-order valence-electron chi connectivity index (χ1n) is 9.10. The second-order valence-electron chi connectivity index (χ2n) is 6.65. The van der Waals surface area contributed by atoms with E-state index in [9.17, 15) is 14.4 Å². The fourth-order valence-corrected chi connectivity index (χ4v) is 2.53. The molecule has 0 saturated heterocycles. The molecule has 7 nitrogen and oxygen atoms in total. The lowest BCUT2D eigenvalue weighted by atomic mass is 10.1. The van der Waals surface area contributed by atoms with Gasteiger partial charge in [-0.05, 0) is 63.1 Å². The molecule has 0 aliphatic rings. The van der Waals surface area contributed by atoms with Gasteiger partial charge in [0.15, 0.2) is 30.0 Å². The highest BCUT2D eigenvalue weighted by Gasteiger charge is 2.19. The quantitative estimate of drug-likeness (QED) is 0.540. The Morgan fingerprint density at radius 3 is 2.41 bits per heavy atom. The third-order valence-corrected chi connectivity index (χ3v) is 4.24. The molecule has 0 saturated carbocycles. The van der Waals surface area contributed by atoms with E-state index in [1.54, 1.807) is 12.1 Å². The van der Waals surface area contributed by atoms with E-state index in [0.717, 1.165) is 11.1 Å². The topological polar surface area (TPSA) is 90.9 Å². The standard InChI is InChI=1S/C22H25NO6/c1-13-6-7-14(2)18(10-13)23-22(26)16(4)29-21(25)12-28-19-9-8-17(15(3)24)11-20(19)27-5/h6-11,16H,12H2,1-5H3,(H,23,26)/t16-/m1/s1. The number of ketones is 1. The van der Waals surface area contributed by atoms with Crippen LogP contribution < -0.4 is 14.8 Å². The van der Waals surface area contributed by atoms with E-state index < -0.39 is 24.6 Å². The largest absolute Gasteiger partial charge is 0.493 e. The molecule has 0 unspecified atom stereocenters. The molecule has 0 fully saturated rings. The number of aryl methyl sites for hydroxylation is 2. The highest BCUT2D eigenvalue weighted by Crippen LogP contribution is 2.28. The zero-order valence-corrected chi connectivity index (χ0v) is 17.2. The van der Waals surface area contributed by atoms with Gasteiger partial charge in [0.25, 0.3) is 5.91 Å². The van der Waals surface area contributed by atoms with E-state index in [0.29, 0.717) is 22.7 Å². The van der Waals surface area contributed by atoms with Crippen molar-refractivity contribution in [2.45, 2.75) is 33.8 Å². The number of methoxy groups -OCH3 is 1. The molecule has 0 aliphatic heterocycles. The highest BCUT2D eigenvalue weighted by molar-refractivity contribution is 5.96. The number of nitrogens with one attached hydrogen (secondary N) is 1. The summed E-state index contributed by atoms with van der Waals surface area (Å²) in [6.45, 7) is 6.33. The fourth-order valence-electron chi connectivity index (χ4n) is 2.53. The number of hydrogen-bond donors (Lipinski definition) is 1. The van der Waals surface area contributed by atoms with Crippen LogP contribution in [0.5, 0.6) is 11.5 Å². The summed E-state index contributed by atoms with van der Waals surface area (Å²) >= 11 is 0. The van der Waals surface area contributed by atoms with Gasteiger partial charge in [0.05, 0.1) is 7.11 Å². The lowest BCUT2D eigenvalue weighted by molar-refractivity contribution is -0.155. The number of Topliss-reactive ketones (excluding diaryl/α,β-unsaturated/α-hetero) is 1. The maximum atomic E-state index is 12.3. The summed E-state index contributed by atoms with van der Waals surface area (Å²) < 4.78 is 15.7. The fraction of sp³-hybridized carbons (Fsp3) is 0.318. The Labute approximate surface area is 170 Å². The van der Waals surface area contributed by atoms with Crippen molar-refractivity contribution in [1.82, 2.24) is 0 Å². The van der Waals surface area contributed by atoms with E-state index in [1.807, 2.05) is 32.0 Å². The Balaban J connectivity index is 1.92. The molecular weight excluding hydrogens is 374 g/mol. The molecule has 1 N–H and O–H groups in total. The first-order valence-corrected chi connectivity index (χ1v) is 9.10. The van der Waals surface area contributed by atoms with Crippen LogP contribution in [0.4, 0.5) is 5.69 Å². The van der Waals surface area contributed by atoms with Gasteiger partial charge in [-0.2, -0.15) is 0 Å². The van der Waals surface area contributed by atoms with Crippen LogP contribution >= 0.6 is 0 Å². The van der Waals surface area contributed by atoms with Gasteiger partial charge in [-0.15, -0.1) is 0 Å². The lowest BCUT2D eigenvalue weighted by Crippen LogP contribution is -2.32. The van der Waals surface area contributed by atoms with Crippen molar-refractivity contribution >= 4 is 23.3 Å². The molecule has 1 amide bonds. The van der Waals surface area contributed by atoms with E-state index in [1.165, 1.54) is 27.0 Å². The summed E-state index contributed by atoms with van der Waals surface area (Å²) in [5, 5.41) is 2.76. The minimum absolute atomic E-state index is 0.113. The summed E-state index contributed by atoms with van der Waals surface area (Å²) in [5.41, 5.74) is 3.05. The molecule has 7 heteroatoms. The Hall–Kier alpha value is -3.35. The number of carbonyl (C=O) groups is 3. The number of carbonyl (C=O) groups excluding carboxylic acids is 3. The van der Waals surface area contributed by atoms with Crippen molar-refractivity contribution in [1.29, 1.82) is 0 Å². The molecule has 29 heavy (non-hydrogen) atoms. The Morgan fingerprint density at radius 2 is 1.76 bits per heavy atom. The van der Waals surface area contributed by atoms with Gasteiger partial charge in [-0.25, -0.2) is 4.79 Å². The lowest BCUT2D eigenvalue weighted by Gasteiger charge is -2.16. The predicted octanol–water partition coefficient (Wildman–Crippen LogP) is 3.46. The van der Waals surface area contributed by atoms with Crippen molar-refractivity contribution in [3.05, 3.63) is 53.1 Å². The number of benzene rings is 2. The highest BCUT2D eigenvalue weighted by atomic mass is 16.6. The number of esters is 1. The van der Waals surface area contributed by atoms with Crippen LogP contribution in [0.25, 0.3) is 0 Å². The van der Waals surface area contributed by atoms with Crippen molar-refractivity contribution in [3.63, 3.8) is 0 Å². The third-order valence-electron chi connectivity index (χ3n) is 4.24. The van der Waals surface area contributed by atoms with Crippen LogP contribution in [0, 0.1) is 13.8 Å². The van der Waals surface area contributed by atoms with E-state index in [-0.39, 0.29) is 5.78 Å². The van der Waals surface area contributed by atoms with Gasteiger partial charge in [0.1, 0.15) is 0 Å². The zero-order chi connectivity index (χ0) is 21.6. The molecular formula is C22H25NO6. The SMILES string of the molecule is COc1cc(C(C)=O)ccc1OCC(=O)O[C@H](C)C(=O)Nc1cc(C)ccc1C. The average Bonchev–Trinajstić information content (AvgIpc) is 2.68. The summed E-state index contributed by atoms with van der Waals surface area (Å²) in [4.78, 5) is 35.8. The summed E-state index contributed by atoms with van der Waals surface area (Å²) in [7, 11) is 1.43. The second kappa shape index (κ2) is 9.73. The van der Waals surface area contributed by atoms with Gasteiger partial charge in [-0.3, -0.25) is 9.59 Å². The van der Waals surface area contributed by atoms with Gasteiger partial charge >= 0.3 is 5.97 Å². The number of rotatable bonds is 8. The second-order valence-corrected chi connectivity index (χ2v) is 6.65. The average molecular weight is 399 g/mol. The molecule has 0 radical (unpaired) electrons. The van der Waals surface area contributed by atoms with Crippen molar-refractivity contribution < 1.29 is 28.6 Å². The molecule has 2 aromatic carbocycles. The molecule has 0 bridgehead atoms. The van der Waals surface area contributed by atoms with Crippen LogP contribution in [0.1, 0.15) is 35.3 Å². The Kier molecular flexibility index (Phi) is 7.36. The molecule has 0 heterocycles. The van der Waals surface area contributed by atoms with Gasteiger partial charge in [0, 0.05) is 11.3 Å². The number of amides is 1. The van der Waals surface area contributed by atoms with Crippen LogP contribution in [0.3, 0.4) is 0 Å². The third kappa shape index (κ3) is 6.07. The summed E-state index contributed by atoms with van der Waals surface area (Å²) in [5.74, 6) is -0.632. The van der Waals surface area contributed by atoms with E-state index in [4.69, 9.17) is 14.2 Å². The monoisotopic (exact) mass is 399 g/mol. The van der Waals surface area contributed by atoms with Crippen molar-refractivity contribution in [2.24, 2.45) is 0 Å². The molecule has 0 aromatic heterocycles. The van der Waals surface area contributed by atoms with Crippen LogP contribution in [0.2, 0.25) is 0 Å². The van der Waals surface area contributed by atoms with Gasteiger partial charge in [0.2, 0.25) is 0 Å². The molecule has 0 aliphatic carbocycles. The number of hydrogen-bond acceptors (Lipinski definition) is 6. The molecule has 0 spiro atoms. The maximum absolute atomic E-state index is 12.3. The van der Waals surface area contributed by atoms with Gasteiger partial charge in [-0.1, -0.05) is 12.1 Å². The summed E-state index contributed by atoms with van der Waals surface area (Å²) in [6, 6.07) is 10.3. The number of ether oxygens (including phenoxy) is 3. The summed E-state index contributed by atoms with van der Waals surface area (Å²) in [6.07, 6.45) is -0.993. The zero-order valence-electron chi connectivity index (χ0n) is 17.2. The van der Waals surface area contributed by atoms with Crippen LogP contribution in [-0.4, -0.2) is 37.5 Å². The van der Waals surface area contributed by atoms with E-state index in [2.05, 4.69) is 5.32 Å². The Bertz CT molecular complexity index is 922. The smallest absolute Gasteiger partial charge is 0.344 e. The van der Waals surface area contributed by atoms with Gasteiger partial charge < -0.3 is 19.5 Å². The maximum Gasteiger partial charge on any atom is 0.344 e. The molecule has 2 rings (SSSR count). The van der Waals surface area contributed by atoms with Crippen molar-refractivity contribution in [2.75, 3.05) is 19.0 Å². The first-order chi connectivity index (χ1) is 13.7. The predicted molar refractivity (Wildman–Crippen MR) is 109 cm³/mol. The normalized spacial score (nSPS) is 11.3. The molecule has 2 aromatic rings. The molecule has 154 valence electrons. The molecule has 1 atom stereocenters. The minimum atomic E-state index is -0.993. The number of anilines is 1. The Morgan fingerprint density at radius 1 is 1.03 bits per heavy atom.